The average molecular weight is 296 g/mol. The predicted octanol–water partition coefficient (Wildman–Crippen LogP) is 3.11. The van der Waals surface area contributed by atoms with Crippen molar-refractivity contribution in [2.75, 3.05) is 39.3 Å². The van der Waals surface area contributed by atoms with E-state index in [0.717, 1.165) is 6.04 Å². The van der Waals surface area contributed by atoms with E-state index in [1.165, 1.54) is 90.6 Å². The van der Waals surface area contributed by atoms with E-state index in [0.29, 0.717) is 6.04 Å². The Hall–Kier alpha value is -0.120. The van der Waals surface area contributed by atoms with E-state index in [4.69, 9.17) is 0 Å². The van der Waals surface area contributed by atoms with Gasteiger partial charge in [0.15, 0.2) is 0 Å². The molecule has 3 heteroatoms. The Morgan fingerprint density at radius 1 is 0.905 bits per heavy atom. The molecule has 1 aliphatic carbocycles. The van der Waals surface area contributed by atoms with Crippen molar-refractivity contribution in [1.29, 1.82) is 0 Å². The minimum Gasteiger partial charge on any atom is -0.315 e. The van der Waals surface area contributed by atoms with Gasteiger partial charge in [0.2, 0.25) is 0 Å². The summed E-state index contributed by atoms with van der Waals surface area (Å²) in [5, 5.41) is 3.50. The smallest absolute Gasteiger partial charge is 0.0113 e. The van der Waals surface area contributed by atoms with Gasteiger partial charge in [-0.3, -0.25) is 4.90 Å². The number of piperazine rings is 1. The molecule has 2 aliphatic rings. The number of hydrogen-bond acceptors (Lipinski definition) is 3. The average Bonchev–Trinajstić information content (AvgIpc) is 3.01. The Morgan fingerprint density at radius 2 is 1.57 bits per heavy atom. The van der Waals surface area contributed by atoms with E-state index in [2.05, 4.69) is 29.0 Å². The zero-order valence-electron chi connectivity index (χ0n) is 14.4. The first-order valence-corrected chi connectivity index (χ1v) is 9.45. The van der Waals surface area contributed by atoms with Gasteiger partial charge in [-0.2, -0.15) is 0 Å². The van der Waals surface area contributed by atoms with Gasteiger partial charge in [0.25, 0.3) is 0 Å². The third-order valence-electron chi connectivity index (χ3n) is 5.20. The molecular formula is C18H37N3. The maximum Gasteiger partial charge on any atom is 0.0113 e. The standard InChI is InChI=1S/C18H37N3/c1-17(2)19-11-7-3-4-8-12-20-13-15-21(16-14-20)18-9-5-6-10-18/h17-19H,3-16H2,1-2H3. The Morgan fingerprint density at radius 3 is 2.24 bits per heavy atom. The van der Waals surface area contributed by atoms with Crippen LogP contribution in [0, 0.1) is 0 Å². The molecule has 0 amide bonds. The fraction of sp³-hybridized carbons (Fsp3) is 1.00. The van der Waals surface area contributed by atoms with E-state index < -0.39 is 0 Å². The summed E-state index contributed by atoms with van der Waals surface area (Å²) in [5.74, 6) is 0. The van der Waals surface area contributed by atoms with Crippen molar-refractivity contribution in [2.45, 2.75) is 77.3 Å². The number of unbranched alkanes of at least 4 members (excludes halogenated alkanes) is 3. The summed E-state index contributed by atoms with van der Waals surface area (Å²) in [6.45, 7) is 12.2. The molecule has 0 aromatic carbocycles. The van der Waals surface area contributed by atoms with Crippen LogP contribution in [0.5, 0.6) is 0 Å². The summed E-state index contributed by atoms with van der Waals surface area (Å²) in [7, 11) is 0. The molecule has 1 saturated carbocycles. The summed E-state index contributed by atoms with van der Waals surface area (Å²) >= 11 is 0. The Balaban J connectivity index is 1.44. The van der Waals surface area contributed by atoms with Crippen molar-refractivity contribution in [2.24, 2.45) is 0 Å². The molecular weight excluding hydrogens is 258 g/mol. The number of hydrogen-bond donors (Lipinski definition) is 1. The Bertz CT molecular complexity index is 253. The lowest BCUT2D eigenvalue weighted by atomic mass is 10.1. The highest BCUT2D eigenvalue weighted by Crippen LogP contribution is 2.24. The highest BCUT2D eigenvalue weighted by Gasteiger charge is 2.25. The first-order chi connectivity index (χ1) is 10.3. The van der Waals surface area contributed by atoms with Crippen LogP contribution >= 0.6 is 0 Å². The lowest BCUT2D eigenvalue weighted by Gasteiger charge is -2.38. The molecule has 124 valence electrons. The largest absolute Gasteiger partial charge is 0.315 e. The molecule has 2 rings (SSSR count). The molecule has 0 atom stereocenters. The fourth-order valence-electron chi connectivity index (χ4n) is 3.83. The number of nitrogens with zero attached hydrogens (tertiary/aromatic N) is 2. The second-order valence-corrected chi connectivity index (χ2v) is 7.34. The molecule has 1 heterocycles. The van der Waals surface area contributed by atoms with Gasteiger partial charge < -0.3 is 10.2 Å². The van der Waals surface area contributed by atoms with Crippen molar-refractivity contribution in [1.82, 2.24) is 15.1 Å². The van der Waals surface area contributed by atoms with Crippen LogP contribution in [0.25, 0.3) is 0 Å². The zero-order valence-corrected chi connectivity index (χ0v) is 14.4. The van der Waals surface area contributed by atoms with Crippen LogP contribution in [0.4, 0.5) is 0 Å². The van der Waals surface area contributed by atoms with Gasteiger partial charge in [0, 0.05) is 38.3 Å². The SMILES string of the molecule is CC(C)NCCCCCCN1CCN(C2CCCC2)CC1. The van der Waals surface area contributed by atoms with Crippen LogP contribution in [0.15, 0.2) is 0 Å². The van der Waals surface area contributed by atoms with Crippen LogP contribution in [0.1, 0.15) is 65.2 Å². The van der Waals surface area contributed by atoms with Crippen LogP contribution < -0.4 is 5.32 Å². The molecule has 1 saturated heterocycles. The van der Waals surface area contributed by atoms with E-state index in [-0.39, 0.29) is 0 Å². The predicted molar refractivity (Wildman–Crippen MR) is 91.9 cm³/mol. The van der Waals surface area contributed by atoms with Crippen molar-refractivity contribution in [3.8, 4) is 0 Å². The van der Waals surface area contributed by atoms with Gasteiger partial charge in [0.05, 0.1) is 0 Å². The second kappa shape index (κ2) is 9.81. The van der Waals surface area contributed by atoms with Crippen LogP contribution in [-0.4, -0.2) is 61.2 Å². The summed E-state index contributed by atoms with van der Waals surface area (Å²) in [4.78, 5) is 5.46. The third kappa shape index (κ3) is 6.66. The van der Waals surface area contributed by atoms with Crippen molar-refractivity contribution < 1.29 is 0 Å². The molecule has 0 bridgehead atoms. The molecule has 0 unspecified atom stereocenters. The molecule has 1 aliphatic heterocycles. The lowest BCUT2D eigenvalue weighted by Crippen LogP contribution is -2.49. The molecule has 0 radical (unpaired) electrons. The second-order valence-electron chi connectivity index (χ2n) is 7.34. The van der Waals surface area contributed by atoms with E-state index >= 15 is 0 Å². The Kier molecular flexibility index (Phi) is 8.05. The zero-order chi connectivity index (χ0) is 14.9. The fourth-order valence-corrected chi connectivity index (χ4v) is 3.83. The maximum atomic E-state index is 3.50. The highest BCUT2D eigenvalue weighted by molar-refractivity contribution is 4.81. The number of rotatable bonds is 9. The van der Waals surface area contributed by atoms with Crippen LogP contribution in [-0.2, 0) is 0 Å². The van der Waals surface area contributed by atoms with Gasteiger partial charge in [-0.1, -0.05) is 39.5 Å². The molecule has 2 fully saturated rings. The molecule has 21 heavy (non-hydrogen) atoms. The van der Waals surface area contributed by atoms with E-state index in [1.807, 2.05) is 0 Å². The monoisotopic (exact) mass is 295 g/mol. The van der Waals surface area contributed by atoms with Crippen molar-refractivity contribution >= 4 is 0 Å². The molecule has 0 spiro atoms. The van der Waals surface area contributed by atoms with E-state index in [1.54, 1.807) is 0 Å². The van der Waals surface area contributed by atoms with E-state index in [9.17, 15) is 0 Å². The molecule has 3 nitrogen and oxygen atoms in total. The molecule has 0 aromatic rings. The summed E-state index contributed by atoms with van der Waals surface area (Å²) in [6, 6.07) is 1.57. The minimum atomic E-state index is 0.640. The topological polar surface area (TPSA) is 18.5 Å². The summed E-state index contributed by atoms with van der Waals surface area (Å²) in [6.07, 6.45) is 11.4. The van der Waals surface area contributed by atoms with Gasteiger partial charge >= 0.3 is 0 Å². The first kappa shape index (κ1) is 17.2. The quantitative estimate of drug-likeness (QED) is 0.659. The third-order valence-corrected chi connectivity index (χ3v) is 5.20. The molecule has 1 N–H and O–H groups in total. The van der Waals surface area contributed by atoms with Crippen LogP contribution in [0.3, 0.4) is 0 Å². The van der Waals surface area contributed by atoms with Crippen molar-refractivity contribution in [3.63, 3.8) is 0 Å². The molecule has 0 aromatic heterocycles. The lowest BCUT2D eigenvalue weighted by molar-refractivity contribution is 0.0967. The first-order valence-electron chi connectivity index (χ1n) is 9.45. The van der Waals surface area contributed by atoms with Crippen LogP contribution in [0.2, 0.25) is 0 Å². The minimum absolute atomic E-state index is 0.640. The van der Waals surface area contributed by atoms with Gasteiger partial charge in [-0.25, -0.2) is 0 Å². The Labute approximate surface area is 132 Å². The normalized spacial score (nSPS) is 22.4. The van der Waals surface area contributed by atoms with Gasteiger partial charge in [-0.05, 0) is 38.8 Å². The van der Waals surface area contributed by atoms with Crippen molar-refractivity contribution in [3.05, 3.63) is 0 Å². The maximum absolute atomic E-state index is 3.50. The summed E-state index contributed by atoms with van der Waals surface area (Å²) < 4.78 is 0. The summed E-state index contributed by atoms with van der Waals surface area (Å²) in [5.41, 5.74) is 0. The highest BCUT2D eigenvalue weighted by atomic mass is 15.3. The number of nitrogens with one attached hydrogen (secondary N) is 1. The van der Waals surface area contributed by atoms with Gasteiger partial charge in [-0.15, -0.1) is 0 Å². The van der Waals surface area contributed by atoms with Gasteiger partial charge in [0.1, 0.15) is 0 Å².